The second-order valence-corrected chi connectivity index (χ2v) is 8.43. The molecule has 0 saturated heterocycles. The van der Waals surface area contributed by atoms with Crippen LogP contribution in [0.15, 0.2) is 77.2 Å². The van der Waals surface area contributed by atoms with Crippen LogP contribution in [0, 0.1) is 0 Å². The van der Waals surface area contributed by atoms with E-state index < -0.39 is 0 Å². The number of thiophene rings is 1. The third-order valence-corrected chi connectivity index (χ3v) is 6.05. The Balaban J connectivity index is 1.56. The number of hydrazone groups is 1. The molecule has 0 aliphatic carbocycles. The van der Waals surface area contributed by atoms with Gasteiger partial charge >= 0.3 is 0 Å². The number of rotatable bonds is 7. The fraction of sp³-hybridized carbons (Fsp3) is 0.250. The minimum atomic E-state index is -0.117. The Morgan fingerprint density at radius 3 is 2.57 bits per heavy atom. The number of carbonyl (C=O) groups is 1. The molecule has 4 rings (SSSR count). The number of benzene rings is 2. The van der Waals surface area contributed by atoms with Gasteiger partial charge < -0.3 is 4.74 Å². The maximum atomic E-state index is 13.2. The molecule has 1 aliphatic heterocycles. The van der Waals surface area contributed by atoms with Crippen LogP contribution in [0.4, 0.5) is 0 Å². The molecule has 0 unspecified atom stereocenters. The average molecular weight is 420 g/mol. The van der Waals surface area contributed by atoms with Crippen LogP contribution in [-0.4, -0.2) is 42.2 Å². The van der Waals surface area contributed by atoms with Crippen LogP contribution in [-0.2, 0) is 11.3 Å². The fourth-order valence-corrected chi connectivity index (χ4v) is 4.44. The Morgan fingerprint density at radius 2 is 1.90 bits per heavy atom. The summed E-state index contributed by atoms with van der Waals surface area (Å²) >= 11 is 1.70. The van der Waals surface area contributed by atoms with Crippen molar-refractivity contribution in [3.63, 3.8) is 0 Å². The summed E-state index contributed by atoms with van der Waals surface area (Å²) in [5, 5.41) is 8.47. The van der Waals surface area contributed by atoms with E-state index in [9.17, 15) is 4.79 Å². The van der Waals surface area contributed by atoms with Crippen molar-refractivity contribution >= 4 is 23.0 Å². The van der Waals surface area contributed by atoms with E-state index in [4.69, 9.17) is 9.84 Å². The van der Waals surface area contributed by atoms with Gasteiger partial charge in [0.15, 0.2) is 0 Å². The lowest BCUT2D eigenvalue weighted by molar-refractivity contribution is -0.134. The molecule has 0 fully saturated rings. The number of methoxy groups -OCH3 is 1. The molecule has 0 N–H and O–H groups in total. The van der Waals surface area contributed by atoms with Gasteiger partial charge in [0.1, 0.15) is 5.75 Å². The summed E-state index contributed by atoms with van der Waals surface area (Å²) in [5.74, 6) is 0.801. The summed E-state index contributed by atoms with van der Waals surface area (Å²) in [4.78, 5) is 16.5. The Labute approximate surface area is 181 Å². The monoisotopic (exact) mass is 419 g/mol. The van der Waals surface area contributed by atoms with Crippen molar-refractivity contribution < 1.29 is 9.53 Å². The van der Waals surface area contributed by atoms with Gasteiger partial charge in [0.25, 0.3) is 5.91 Å². The summed E-state index contributed by atoms with van der Waals surface area (Å²) < 4.78 is 5.28. The molecule has 0 bridgehead atoms. The first-order valence-electron chi connectivity index (χ1n) is 9.94. The second kappa shape index (κ2) is 9.24. The highest BCUT2D eigenvalue weighted by Crippen LogP contribution is 2.33. The van der Waals surface area contributed by atoms with Crippen molar-refractivity contribution in [2.24, 2.45) is 5.10 Å². The third-order valence-electron chi connectivity index (χ3n) is 5.18. The average Bonchev–Trinajstić information content (AvgIpc) is 3.44. The molecule has 0 radical (unpaired) electrons. The Morgan fingerprint density at radius 1 is 1.13 bits per heavy atom. The van der Waals surface area contributed by atoms with Crippen molar-refractivity contribution in [3.05, 3.63) is 88.1 Å². The van der Waals surface area contributed by atoms with Crippen molar-refractivity contribution in [1.82, 2.24) is 9.91 Å². The van der Waals surface area contributed by atoms with Crippen LogP contribution in [0.2, 0.25) is 0 Å². The zero-order valence-corrected chi connectivity index (χ0v) is 18.0. The van der Waals surface area contributed by atoms with Gasteiger partial charge in [0, 0.05) is 17.8 Å². The third kappa shape index (κ3) is 4.61. The minimum absolute atomic E-state index is 0.000746. The topological polar surface area (TPSA) is 45.1 Å². The Kier molecular flexibility index (Phi) is 6.26. The Hall–Kier alpha value is -2.96. The van der Waals surface area contributed by atoms with E-state index in [1.807, 2.05) is 72.6 Å². The molecule has 2 aromatic carbocycles. The highest BCUT2D eigenvalue weighted by molar-refractivity contribution is 7.09. The molecule has 5 nitrogen and oxygen atoms in total. The van der Waals surface area contributed by atoms with Gasteiger partial charge in [-0.05, 0) is 41.8 Å². The van der Waals surface area contributed by atoms with Gasteiger partial charge in [-0.3, -0.25) is 9.69 Å². The number of nitrogens with zero attached hydrogens (tertiary/aromatic N) is 3. The first-order chi connectivity index (χ1) is 14.6. The number of carbonyl (C=O) groups excluding carboxylic acids is 1. The zero-order valence-electron chi connectivity index (χ0n) is 17.2. The molecular formula is C24H25N3O2S. The molecule has 1 aromatic heterocycles. The van der Waals surface area contributed by atoms with Crippen LogP contribution in [0.1, 0.15) is 28.5 Å². The number of likely N-dealkylation sites (N-methyl/N-ethyl adjacent to an activating group) is 1. The molecule has 6 heteroatoms. The van der Waals surface area contributed by atoms with Crippen LogP contribution in [0.5, 0.6) is 5.75 Å². The number of hydrogen-bond acceptors (Lipinski definition) is 5. The molecule has 154 valence electrons. The maximum absolute atomic E-state index is 13.2. The first-order valence-corrected chi connectivity index (χ1v) is 10.8. The smallest absolute Gasteiger partial charge is 0.257 e. The molecule has 2 heterocycles. The molecule has 1 aliphatic rings. The molecule has 1 atom stereocenters. The van der Waals surface area contributed by atoms with E-state index in [2.05, 4.69) is 11.4 Å². The molecule has 1 amide bonds. The van der Waals surface area contributed by atoms with Crippen LogP contribution < -0.4 is 4.74 Å². The first kappa shape index (κ1) is 20.3. The maximum Gasteiger partial charge on any atom is 0.257 e. The fourth-order valence-electron chi connectivity index (χ4n) is 3.66. The normalized spacial score (nSPS) is 16.0. The van der Waals surface area contributed by atoms with E-state index in [1.165, 1.54) is 4.88 Å². The Bertz CT molecular complexity index is 1000. The second-order valence-electron chi connectivity index (χ2n) is 7.40. The van der Waals surface area contributed by atoms with E-state index in [-0.39, 0.29) is 11.9 Å². The van der Waals surface area contributed by atoms with Crippen molar-refractivity contribution in [2.75, 3.05) is 20.7 Å². The van der Waals surface area contributed by atoms with Gasteiger partial charge in [-0.1, -0.05) is 48.5 Å². The van der Waals surface area contributed by atoms with Crippen LogP contribution >= 0.6 is 11.3 Å². The van der Waals surface area contributed by atoms with E-state index in [1.54, 1.807) is 23.5 Å². The van der Waals surface area contributed by atoms with Crippen molar-refractivity contribution in [1.29, 1.82) is 0 Å². The quantitative estimate of drug-likeness (QED) is 0.564. The van der Waals surface area contributed by atoms with Gasteiger partial charge in [0.05, 0.1) is 25.4 Å². The minimum Gasteiger partial charge on any atom is -0.497 e. The summed E-state index contributed by atoms with van der Waals surface area (Å²) in [7, 11) is 3.62. The van der Waals surface area contributed by atoms with Gasteiger partial charge in [-0.25, -0.2) is 5.01 Å². The summed E-state index contributed by atoms with van der Waals surface area (Å²) in [6, 6.07) is 22.0. The number of amides is 1. The molecule has 0 spiro atoms. The highest BCUT2D eigenvalue weighted by atomic mass is 32.1. The largest absolute Gasteiger partial charge is 0.497 e. The van der Waals surface area contributed by atoms with Crippen molar-refractivity contribution in [2.45, 2.75) is 19.0 Å². The molecular weight excluding hydrogens is 394 g/mol. The predicted octanol–water partition coefficient (Wildman–Crippen LogP) is 4.57. The molecule has 0 saturated carbocycles. The standard InChI is InChI=1S/C24H25N3O2S/c1-26(16-21-9-6-14-30-21)17-24(28)27-23(19-10-12-20(29-2)13-11-19)15-22(25-27)18-7-4-3-5-8-18/h3-14,23H,15-17H2,1-2H3/t23-/m1/s1. The summed E-state index contributed by atoms with van der Waals surface area (Å²) in [5.41, 5.74) is 3.05. The van der Waals surface area contributed by atoms with Crippen molar-refractivity contribution in [3.8, 4) is 5.75 Å². The van der Waals surface area contributed by atoms with Gasteiger partial charge in [0.2, 0.25) is 0 Å². The summed E-state index contributed by atoms with van der Waals surface area (Å²) in [6.07, 6.45) is 0.691. The molecule has 3 aromatic rings. The predicted molar refractivity (Wildman–Crippen MR) is 121 cm³/mol. The van der Waals surface area contributed by atoms with E-state index in [0.29, 0.717) is 13.0 Å². The van der Waals surface area contributed by atoms with E-state index in [0.717, 1.165) is 29.1 Å². The highest BCUT2D eigenvalue weighted by Gasteiger charge is 2.33. The summed E-state index contributed by atoms with van der Waals surface area (Å²) in [6.45, 7) is 1.07. The van der Waals surface area contributed by atoms with E-state index >= 15 is 0 Å². The lowest BCUT2D eigenvalue weighted by Gasteiger charge is -2.24. The lowest BCUT2D eigenvalue weighted by Crippen LogP contribution is -2.36. The zero-order chi connectivity index (χ0) is 20.9. The van der Waals surface area contributed by atoms with Gasteiger partial charge in [-0.2, -0.15) is 5.10 Å². The number of hydrogen-bond donors (Lipinski definition) is 0. The molecule has 30 heavy (non-hydrogen) atoms. The number of ether oxygens (including phenoxy) is 1. The van der Waals surface area contributed by atoms with Crippen LogP contribution in [0.25, 0.3) is 0 Å². The van der Waals surface area contributed by atoms with Gasteiger partial charge in [-0.15, -0.1) is 11.3 Å². The SMILES string of the molecule is COc1ccc([C@H]2CC(c3ccccc3)=NN2C(=O)CN(C)Cc2cccs2)cc1. The van der Waals surface area contributed by atoms with Crippen LogP contribution in [0.3, 0.4) is 0 Å². The lowest BCUT2D eigenvalue weighted by atomic mass is 9.98.